The number of nitrogens with one attached hydrogen (secondary N) is 1. The second kappa shape index (κ2) is 8.36. The Bertz CT molecular complexity index is 1290. The molecule has 2 aromatic carbocycles. The number of benzene rings is 2. The third-order valence-corrected chi connectivity index (χ3v) is 7.67. The summed E-state index contributed by atoms with van der Waals surface area (Å²) in [5, 5.41) is 2.19. The highest BCUT2D eigenvalue weighted by atomic mass is 35.5. The molecular weight excluding hydrogens is 479 g/mol. The van der Waals surface area contributed by atoms with E-state index < -0.39 is 38.9 Å². The maximum atomic E-state index is 13.9. The highest BCUT2D eigenvalue weighted by molar-refractivity contribution is 7.89. The van der Waals surface area contributed by atoms with Crippen LogP contribution in [0.2, 0.25) is 5.02 Å². The van der Waals surface area contributed by atoms with Crippen molar-refractivity contribution in [3.8, 4) is 0 Å². The Kier molecular flexibility index (Phi) is 5.92. The van der Waals surface area contributed by atoms with Gasteiger partial charge in [0.15, 0.2) is 22.6 Å². The number of rotatable bonds is 4. The molecule has 0 unspecified atom stereocenters. The Morgan fingerprint density at radius 2 is 1.87 bits per heavy atom. The summed E-state index contributed by atoms with van der Waals surface area (Å²) < 4.78 is 72.7. The number of carbonyl (C=O) groups is 1. The molecule has 1 N–H and O–H groups in total. The van der Waals surface area contributed by atoms with E-state index in [4.69, 9.17) is 16.3 Å². The molecule has 13 heteroatoms. The maximum absolute atomic E-state index is 13.9. The Labute approximate surface area is 183 Å². The molecule has 0 spiro atoms. The largest absolute Gasteiger partial charge is 0.379 e. The topological polar surface area (TPSA) is 88.6 Å². The monoisotopic (exact) mass is 491 g/mol. The van der Waals surface area contributed by atoms with Crippen LogP contribution in [-0.2, 0) is 14.8 Å². The van der Waals surface area contributed by atoms with Crippen LogP contribution in [0.3, 0.4) is 0 Å². The number of hydrogen-bond acceptors (Lipinski definition) is 6. The maximum Gasteiger partial charge on any atom is 0.259 e. The normalized spacial score (nSPS) is 15.4. The molecule has 3 aromatic rings. The molecule has 0 aliphatic carbocycles. The number of aromatic nitrogens is 1. The highest BCUT2D eigenvalue weighted by Crippen LogP contribution is 2.31. The molecular formula is C18H13ClF3N3O4S2. The summed E-state index contributed by atoms with van der Waals surface area (Å²) >= 11 is 6.80. The number of hydrogen-bond donors (Lipinski definition) is 1. The lowest BCUT2D eigenvalue weighted by atomic mass is 10.2. The summed E-state index contributed by atoms with van der Waals surface area (Å²) in [5.74, 6) is -5.33. The fraction of sp³-hybridized carbons (Fsp3) is 0.222. The summed E-state index contributed by atoms with van der Waals surface area (Å²) in [6.45, 7) is 0.874. The van der Waals surface area contributed by atoms with Gasteiger partial charge in [-0.15, -0.1) is 0 Å². The highest BCUT2D eigenvalue weighted by Gasteiger charge is 2.28. The van der Waals surface area contributed by atoms with Crippen LogP contribution < -0.4 is 5.32 Å². The first-order valence-corrected chi connectivity index (χ1v) is 11.4. The predicted molar refractivity (Wildman–Crippen MR) is 108 cm³/mol. The van der Waals surface area contributed by atoms with Crippen molar-refractivity contribution in [2.75, 3.05) is 31.6 Å². The van der Waals surface area contributed by atoms with Crippen LogP contribution in [0.15, 0.2) is 29.2 Å². The fourth-order valence-electron chi connectivity index (χ4n) is 2.97. The molecule has 1 fully saturated rings. The summed E-state index contributed by atoms with van der Waals surface area (Å²) in [6, 6.07) is 4.44. The quantitative estimate of drug-likeness (QED) is 0.563. The number of nitrogens with zero attached hydrogens (tertiary/aromatic N) is 2. The molecule has 0 radical (unpaired) electrons. The van der Waals surface area contributed by atoms with Crippen molar-refractivity contribution in [2.24, 2.45) is 0 Å². The van der Waals surface area contributed by atoms with Gasteiger partial charge in [0.1, 0.15) is 5.52 Å². The van der Waals surface area contributed by atoms with Gasteiger partial charge in [-0.3, -0.25) is 10.1 Å². The van der Waals surface area contributed by atoms with Crippen LogP contribution in [0.4, 0.5) is 18.3 Å². The van der Waals surface area contributed by atoms with Gasteiger partial charge < -0.3 is 4.74 Å². The van der Waals surface area contributed by atoms with E-state index in [2.05, 4.69) is 10.3 Å². The van der Waals surface area contributed by atoms with Gasteiger partial charge >= 0.3 is 0 Å². The number of thiazole rings is 1. The summed E-state index contributed by atoms with van der Waals surface area (Å²) in [4.78, 5) is 16.3. The molecule has 31 heavy (non-hydrogen) atoms. The minimum absolute atomic E-state index is 0.0126. The van der Waals surface area contributed by atoms with Gasteiger partial charge in [-0.05, 0) is 24.3 Å². The fourth-order valence-corrected chi connectivity index (χ4v) is 5.49. The number of anilines is 1. The van der Waals surface area contributed by atoms with Crippen LogP contribution in [0.1, 0.15) is 10.4 Å². The lowest BCUT2D eigenvalue weighted by Gasteiger charge is -2.26. The Morgan fingerprint density at radius 3 is 2.58 bits per heavy atom. The van der Waals surface area contributed by atoms with Crippen molar-refractivity contribution < 1.29 is 31.1 Å². The third kappa shape index (κ3) is 4.13. The smallest absolute Gasteiger partial charge is 0.259 e. The first-order valence-electron chi connectivity index (χ1n) is 8.81. The number of carbonyl (C=O) groups excluding carboxylic acids is 1. The van der Waals surface area contributed by atoms with Crippen molar-refractivity contribution in [3.63, 3.8) is 0 Å². The van der Waals surface area contributed by atoms with Crippen LogP contribution in [-0.4, -0.2) is 49.9 Å². The van der Waals surface area contributed by atoms with E-state index in [1.54, 1.807) is 0 Å². The van der Waals surface area contributed by atoms with E-state index in [1.807, 2.05) is 0 Å². The second-order valence-corrected chi connectivity index (χ2v) is 9.84. The van der Waals surface area contributed by atoms with Crippen LogP contribution >= 0.6 is 22.9 Å². The van der Waals surface area contributed by atoms with Crippen molar-refractivity contribution in [3.05, 3.63) is 52.3 Å². The summed E-state index contributed by atoms with van der Waals surface area (Å²) in [7, 11) is -3.87. The van der Waals surface area contributed by atoms with Crippen LogP contribution in [0.5, 0.6) is 0 Å². The van der Waals surface area contributed by atoms with Gasteiger partial charge in [0.25, 0.3) is 5.91 Å². The number of sulfonamides is 1. The lowest BCUT2D eigenvalue weighted by Crippen LogP contribution is -2.40. The molecule has 1 amide bonds. The van der Waals surface area contributed by atoms with Gasteiger partial charge in [0.2, 0.25) is 10.0 Å². The van der Waals surface area contributed by atoms with Crippen molar-refractivity contribution in [1.29, 1.82) is 0 Å². The Morgan fingerprint density at radius 1 is 1.16 bits per heavy atom. The van der Waals surface area contributed by atoms with E-state index in [9.17, 15) is 26.4 Å². The predicted octanol–water partition coefficient (Wildman–Crippen LogP) is 3.64. The zero-order chi connectivity index (χ0) is 22.3. The number of morpholine rings is 1. The first-order chi connectivity index (χ1) is 14.7. The molecule has 1 aromatic heterocycles. The molecule has 164 valence electrons. The van der Waals surface area contributed by atoms with E-state index in [-0.39, 0.29) is 51.6 Å². The Hall–Kier alpha value is -2.25. The minimum Gasteiger partial charge on any atom is -0.379 e. The zero-order valence-corrected chi connectivity index (χ0v) is 17.9. The summed E-state index contributed by atoms with van der Waals surface area (Å²) in [6.07, 6.45) is 0. The molecule has 0 atom stereocenters. The Balaban J connectivity index is 1.64. The average molecular weight is 492 g/mol. The van der Waals surface area contributed by atoms with Crippen molar-refractivity contribution in [2.45, 2.75) is 4.90 Å². The van der Waals surface area contributed by atoms with Gasteiger partial charge in [-0.1, -0.05) is 22.9 Å². The second-order valence-electron chi connectivity index (χ2n) is 6.46. The van der Waals surface area contributed by atoms with E-state index >= 15 is 0 Å². The SMILES string of the molecule is O=C(Nc1nc2c(F)c(F)c(F)cc2s1)c1cc(S(=O)(=O)N2CCOCC2)ccc1Cl. The molecule has 1 aliphatic heterocycles. The molecule has 0 bridgehead atoms. The molecule has 1 aliphatic rings. The van der Waals surface area contributed by atoms with Gasteiger partial charge in [0, 0.05) is 13.1 Å². The van der Waals surface area contributed by atoms with Crippen molar-refractivity contribution in [1.82, 2.24) is 9.29 Å². The first kappa shape index (κ1) is 22.0. The van der Waals surface area contributed by atoms with E-state index in [0.29, 0.717) is 0 Å². The van der Waals surface area contributed by atoms with E-state index in [0.717, 1.165) is 23.5 Å². The molecule has 7 nitrogen and oxygen atoms in total. The lowest BCUT2D eigenvalue weighted by molar-refractivity contribution is 0.0730. The van der Waals surface area contributed by atoms with Crippen LogP contribution in [0.25, 0.3) is 10.2 Å². The number of halogens is 4. The number of fused-ring (bicyclic) bond motifs is 1. The number of ether oxygens (including phenoxy) is 1. The van der Waals surface area contributed by atoms with Gasteiger partial charge in [0.05, 0.1) is 33.4 Å². The third-order valence-electron chi connectivity index (χ3n) is 4.53. The van der Waals surface area contributed by atoms with Crippen molar-refractivity contribution >= 4 is 54.2 Å². The number of amides is 1. The van der Waals surface area contributed by atoms with Crippen LogP contribution in [0, 0.1) is 17.5 Å². The molecule has 0 saturated carbocycles. The minimum atomic E-state index is -3.87. The average Bonchev–Trinajstić information content (AvgIpc) is 3.15. The molecule has 1 saturated heterocycles. The molecule has 4 rings (SSSR count). The zero-order valence-electron chi connectivity index (χ0n) is 15.5. The summed E-state index contributed by atoms with van der Waals surface area (Å²) in [5.41, 5.74) is -0.595. The standard InChI is InChI=1S/C18H13ClF3N3O4S2/c19-11-2-1-9(31(27,28)25-3-5-29-6-4-25)7-10(11)17(26)24-18-23-16-13(30-18)8-12(20)14(21)15(16)22/h1-2,7-8H,3-6H2,(H,23,24,26). The van der Waals surface area contributed by atoms with Gasteiger partial charge in [-0.2, -0.15) is 4.31 Å². The van der Waals surface area contributed by atoms with E-state index in [1.165, 1.54) is 16.4 Å². The van der Waals surface area contributed by atoms with Gasteiger partial charge in [-0.25, -0.2) is 26.6 Å². The molecule has 2 heterocycles.